The van der Waals surface area contributed by atoms with E-state index in [1.807, 2.05) is 0 Å². The first-order valence-electron chi connectivity index (χ1n) is 5.81. The zero-order valence-corrected chi connectivity index (χ0v) is 10.3. The topological polar surface area (TPSA) is 55.6 Å². The number of benzene rings is 1. The molecule has 0 bridgehead atoms. The molecule has 4 nitrogen and oxygen atoms in total. The molecule has 0 aromatic heterocycles. The third kappa shape index (κ3) is 2.13. The van der Waals surface area contributed by atoms with Crippen molar-refractivity contribution in [3.05, 3.63) is 34.9 Å². The van der Waals surface area contributed by atoms with Crippen LogP contribution in [0.25, 0.3) is 0 Å². The Morgan fingerprint density at radius 1 is 1.59 bits per heavy atom. The van der Waals surface area contributed by atoms with Crippen LogP contribution in [0.1, 0.15) is 22.7 Å². The Bertz CT molecular complexity index is 431. The second kappa shape index (κ2) is 4.75. The van der Waals surface area contributed by atoms with Gasteiger partial charge in [0.1, 0.15) is 0 Å². The molecule has 1 aliphatic heterocycles. The van der Waals surface area contributed by atoms with Gasteiger partial charge in [-0.05, 0) is 24.5 Å². The lowest BCUT2D eigenvalue weighted by atomic mass is 9.91. The fraction of sp³-hybridized carbons (Fsp3) is 0.462. The molecule has 1 aliphatic rings. The van der Waals surface area contributed by atoms with E-state index in [0.717, 1.165) is 12.0 Å². The second-order valence-corrected chi connectivity index (χ2v) is 4.37. The van der Waals surface area contributed by atoms with Crippen molar-refractivity contribution >= 4 is 6.09 Å². The highest BCUT2D eigenvalue weighted by Gasteiger charge is 2.30. The van der Waals surface area contributed by atoms with Crippen LogP contribution in [0, 0.1) is 6.92 Å². The molecule has 1 aromatic carbocycles. The lowest BCUT2D eigenvalue weighted by Crippen LogP contribution is -2.43. The average molecular weight is 234 g/mol. The van der Waals surface area contributed by atoms with E-state index >= 15 is 0 Å². The van der Waals surface area contributed by atoms with Gasteiger partial charge in [0.15, 0.2) is 0 Å². The van der Waals surface area contributed by atoms with E-state index in [4.69, 9.17) is 10.5 Å². The van der Waals surface area contributed by atoms with E-state index in [1.165, 1.54) is 18.2 Å². The Morgan fingerprint density at radius 3 is 3.00 bits per heavy atom. The molecule has 1 aromatic rings. The van der Waals surface area contributed by atoms with Gasteiger partial charge in [-0.15, -0.1) is 0 Å². The van der Waals surface area contributed by atoms with E-state index in [9.17, 15) is 4.79 Å². The highest BCUT2D eigenvalue weighted by molar-refractivity contribution is 5.69. The maximum atomic E-state index is 11.7. The predicted octanol–water partition coefficient (Wildman–Crippen LogP) is 1.62. The number of amides is 1. The lowest BCUT2D eigenvalue weighted by Gasteiger charge is -2.35. The first-order chi connectivity index (χ1) is 8.17. The van der Waals surface area contributed by atoms with Gasteiger partial charge in [0, 0.05) is 13.1 Å². The minimum absolute atomic E-state index is 0.0631. The van der Waals surface area contributed by atoms with Gasteiger partial charge in [-0.2, -0.15) is 0 Å². The number of hydrogen-bond acceptors (Lipinski definition) is 3. The van der Waals surface area contributed by atoms with Crippen LogP contribution in [0.3, 0.4) is 0 Å². The molecule has 1 amide bonds. The van der Waals surface area contributed by atoms with Crippen LogP contribution in [-0.2, 0) is 11.2 Å². The zero-order chi connectivity index (χ0) is 12.4. The van der Waals surface area contributed by atoms with Crippen LogP contribution in [0.15, 0.2) is 18.2 Å². The van der Waals surface area contributed by atoms with E-state index in [0.29, 0.717) is 13.1 Å². The minimum atomic E-state index is -0.299. The molecule has 2 N–H and O–H groups in total. The first-order valence-corrected chi connectivity index (χ1v) is 5.81. The molecule has 2 rings (SSSR count). The molecule has 1 atom stereocenters. The molecule has 0 radical (unpaired) electrons. The van der Waals surface area contributed by atoms with Gasteiger partial charge in [0.05, 0.1) is 13.2 Å². The molecular weight excluding hydrogens is 216 g/mol. The highest BCUT2D eigenvalue weighted by atomic mass is 16.5. The summed E-state index contributed by atoms with van der Waals surface area (Å²) in [6.07, 6.45) is 0.564. The summed E-state index contributed by atoms with van der Waals surface area (Å²) in [5.74, 6) is 0. The molecule has 92 valence electrons. The zero-order valence-electron chi connectivity index (χ0n) is 10.3. The maximum Gasteiger partial charge on any atom is 0.410 e. The summed E-state index contributed by atoms with van der Waals surface area (Å²) in [5, 5.41) is 0. The molecule has 17 heavy (non-hydrogen) atoms. The number of hydrogen-bond donors (Lipinski definition) is 1. The van der Waals surface area contributed by atoms with Crippen molar-refractivity contribution in [3.8, 4) is 0 Å². The maximum absolute atomic E-state index is 11.7. The Morgan fingerprint density at radius 2 is 2.35 bits per heavy atom. The van der Waals surface area contributed by atoms with Crippen LogP contribution < -0.4 is 5.73 Å². The predicted molar refractivity (Wildman–Crippen MR) is 65.8 cm³/mol. The summed E-state index contributed by atoms with van der Waals surface area (Å²) in [4.78, 5) is 13.4. The number of carbonyl (C=O) groups is 1. The second-order valence-electron chi connectivity index (χ2n) is 4.37. The van der Waals surface area contributed by atoms with Gasteiger partial charge in [-0.1, -0.05) is 23.8 Å². The van der Waals surface area contributed by atoms with Crippen molar-refractivity contribution in [3.63, 3.8) is 0 Å². The van der Waals surface area contributed by atoms with Crippen LogP contribution >= 0.6 is 0 Å². The third-order valence-corrected chi connectivity index (χ3v) is 3.29. The highest BCUT2D eigenvalue weighted by Crippen LogP contribution is 2.29. The van der Waals surface area contributed by atoms with E-state index < -0.39 is 0 Å². The summed E-state index contributed by atoms with van der Waals surface area (Å²) in [5.41, 5.74) is 9.47. The number of aryl methyl sites for hydroxylation is 1. The number of nitrogens with zero attached hydrogens (tertiary/aromatic N) is 1. The molecule has 0 fully saturated rings. The van der Waals surface area contributed by atoms with Crippen LogP contribution in [0.5, 0.6) is 0 Å². The summed E-state index contributed by atoms with van der Waals surface area (Å²) in [7, 11) is 1.40. The fourth-order valence-corrected chi connectivity index (χ4v) is 2.43. The monoisotopic (exact) mass is 234 g/mol. The van der Waals surface area contributed by atoms with Crippen molar-refractivity contribution in [2.24, 2.45) is 5.73 Å². The summed E-state index contributed by atoms with van der Waals surface area (Å²) in [6, 6.07) is 6.23. The lowest BCUT2D eigenvalue weighted by molar-refractivity contribution is 0.102. The van der Waals surface area contributed by atoms with Crippen molar-refractivity contribution in [2.45, 2.75) is 19.4 Å². The molecule has 0 saturated heterocycles. The van der Waals surface area contributed by atoms with E-state index in [2.05, 4.69) is 25.1 Å². The first kappa shape index (κ1) is 11.9. The molecule has 0 spiro atoms. The summed E-state index contributed by atoms with van der Waals surface area (Å²) in [6.45, 7) is 3.17. The van der Waals surface area contributed by atoms with Crippen LogP contribution in [0.2, 0.25) is 0 Å². The molecule has 1 heterocycles. The van der Waals surface area contributed by atoms with Gasteiger partial charge in [0.2, 0.25) is 0 Å². The van der Waals surface area contributed by atoms with Gasteiger partial charge in [-0.3, -0.25) is 4.90 Å². The quantitative estimate of drug-likeness (QED) is 0.803. The Balaban J connectivity index is 2.36. The number of rotatable bonds is 1. The van der Waals surface area contributed by atoms with Gasteiger partial charge < -0.3 is 10.5 Å². The van der Waals surface area contributed by atoms with Gasteiger partial charge >= 0.3 is 6.09 Å². The van der Waals surface area contributed by atoms with Gasteiger partial charge in [0.25, 0.3) is 0 Å². The number of ether oxygens (including phenoxy) is 1. The van der Waals surface area contributed by atoms with Crippen molar-refractivity contribution in [2.75, 3.05) is 20.2 Å². The van der Waals surface area contributed by atoms with Crippen LogP contribution in [0.4, 0.5) is 4.79 Å². The average Bonchev–Trinajstić information content (AvgIpc) is 2.36. The molecule has 1 unspecified atom stereocenters. The Labute approximate surface area is 101 Å². The fourth-order valence-electron chi connectivity index (χ4n) is 2.43. The van der Waals surface area contributed by atoms with Gasteiger partial charge in [-0.25, -0.2) is 4.79 Å². The SMILES string of the molecule is COC(=O)N1CCc2cc(C)ccc2C1CN. The molecular formula is C13H18N2O2. The normalized spacial score (nSPS) is 18.8. The standard InChI is InChI=1S/C13H18N2O2/c1-9-3-4-11-10(7-9)5-6-15(12(11)8-14)13(16)17-2/h3-4,7,12H,5-6,8,14H2,1-2H3. The molecule has 4 heteroatoms. The number of fused-ring (bicyclic) bond motifs is 1. The molecule has 0 aliphatic carbocycles. The minimum Gasteiger partial charge on any atom is -0.453 e. The van der Waals surface area contributed by atoms with Crippen molar-refractivity contribution in [1.82, 2.24) is 4.90 Å². The summed E-state index contributed by atoms with van der Waals surface area (Å²) < 4.78 is 4.79. The number of carbonyl (C=O) groups excluding carboxylic acids is 1. The van der Waals surface area contributed by atoms with Crippen molar-refractivity contribution in [1.29, 1.82) is 0 Å². The van der Waals surface area contributed by atoms with Crippen molar-refractivity contribution < 1.29 is 9.53 Å². The Hall–Kier alpha value is -1.55. The van der Waals surface area contributed by atoms with E-state index in [1.54, 1.807) is 4.90 Å². The smallest absolute Gasteiger partial charge is 0.410 e. The third-order valence-electron chi connectivity index (χ3n) is 3.29. The van der Waals surface area contributed by atoms with E-state index in [-0.39, 0.29) is 12.1 Å². The molecule has 0 saturated carbocycles. The Kier molecular flexibility index (Phi) is 3.33. The largest absolute Gasteiger partial charge is 0.453 e. The number of nitrogens with two attached hydrogens (primary N) is 1. The summed E-state index contributed by atoms with van der Waals surface area (Å²) >= 11 is 0. The number of methoxy groups -OCH3 is 1. The van der Waals surface area contributed by atoms with Crippen LogP contribution in [-0.4, -0.2) is 31.2 Å².